The summed E-state index contributed by atoms with van der Waals surface area (Å²) in [5.41, 5.74) is 0.0600. The third-order valence-electron chi connectivity index (χ3n) is 5.32. The molecule has 0 saturated heterocycles. The average molecular weight is 481 g/mol. The first-order chi connectivity index (χ1) is 14.4. The Balaban J connectivity index is 1.58. The van der Waals surface area contributed by atoms with Crippen molar-refractivity contribution >= 4 is 27.7 Å². The van der Waals surface area contributed by atoms with Crippen LogP contribution >= 0.6 is 15.9 Å². The normalized spacial score (nSPS) is 16.0. The lowest BCUT2D eigenvalue weighted by Crippen LogP contribution is -2.45. The van der Waals surface area contributed by atoms with Crippen LogP contribution in [0.3, 0.4) is 0 Å². The lowest BCUT2D eigenvalue weighted by Gasteiger charge is -2.30. The van der Waals surface area contributed by atoms with E-state index in [2.05, 4.69) is 36.7 Å². The van der Waals surface area contributed by atoms with Crippen molar-refractivity contribution in [1.29, 1.82) is 0 Å². The van der Waals surface area contributed by atoms with Crippen LogP contribution in [0.2, 0.25) is 0 Å². The fourth-order valence-corrected chi connectivity index (χ4v) is 4.19. The molecule has 162 valence electrons. The Morgan fingerprint density at radius 1 is 1.23 bits per heavy atom. The van der Waals surface area contributed by atoms with Gasteiger partial charge in [-0.2, -0.15) is 4.98 Å². The summed E-state index contributed by atoms with van der Waals surface area (Å²) in [4.78, 5) is 28.4. The number of hydrogen-bond acceptors (Lipinski definition) is 5. The molecule has 30 heavy (non-hydrogen) atoms. The molecule has 1 heterocycles. The van der Waals surface area contributed by atoms with Crippen molar-refractivity contribution in [3.8, 4) is 0 Å². The van der Waals surface area contributed by atoms with Gasteiger partial charge in [0.1, 0.15) is 11.4 Å². The molecule has 0 radical (unpaired) electrons. The van der Waals surface area contributed by atoms with Gasteiger partial charge < -0.3 is 15.2 Å². The molecule has 1 aromatic heterocycles. The van der Waals surface area contributed by atoms with Crippen LogP contribution in [-0.4, -0.2) is 22.0 Å². The number of hydrogen-bond donors (Lipinski definition) is 2. The van der Waals surface area contributed by atoms with Crippen molar-refractivity contribution in [1.82, 2.24) is 20.8 Å². The zero-order valence-corrected chi connectivity index (χ0v) is 18.6. The second-order valence-electron chi connectivity index (χ2n) is 7.70. The van der Waals surface area contributed by atoms with Gasteiger partial charge in [0.15, 0.2) is 5.82 Å². The van der Waals surface area contributed by atoms with Crippen molar-refractivity contribution in [2.45, 2.75) is 70.4 Å². The van der Waals surface area contributed by atoms with Gasteiger partial charge >= 0.3 is 0 Å². The molecular formula is C21H26BrFN4O3. The highest BCUT2D eigenvalue weighted by Gasteiger charge is 2.38. The van der Waals surface area contributed by atoms with Gasteiger partial charge in [0.05, 0.1) is 0 Å². The minimum absolute atomic E-state index is 0.119. The van der Waals surface area contributed by atoms with E-state index in [1.54, 1.807) is 6.07 Å². The monoisotopic (exact) mass is 480 g/mol. The summed E-state index contributed by atoms with van der Waals surface area (Å²) in [5.74, 6) is 0.176. The summed E-state index contributed by atoms with van der Waals surface area (Å²) in [7, 11) is 0. The van der Waals surface area contributed by atoms with Gasteiger partial charge in [-0.15, -0.1) is 0 Å². The Hall–Kier alpha value is -2.29. The van der Waals surface area contributed by atoms with Crippen LogP contribution in [0.25, 0.3) is 0 Å². The van der Waals surface area contributed by atoms with Crippen molar-refractivity contribution in [3.05, 3.63) is 45.8 Å². The maximum Gasteiger partial charge on any atom is 0.227 e. The number of amides is 2. The zero-order chi connectivity index (χ0) is 21.6. The van der Waals surface area contributed by atoms with Gasteiger partial charge in [0, 0.05) is 30.8 Å². The number of aryl methyl sites for hydroxylation is 1. The van der Waals surface area contributed by atoms with E-state index in [1.807, 2.05) is 0 Å². The molecule has 7 nitrogen and oxygen atoms in total. The second-order valence-corrected chi connectivity index (χ2v) is 8.56. The maximum absolute atomic E-state index is 13.3. The van der Waals surface area contributed by atoms with E-state index >= 15 is 0 Å². The lowest BCUT2D eigenvalue weighted by molar-refractivity contribution is -0.122. The first-order valence-corrected chi connectivity index (χ1v) is 11.0. The number of benzene rings is 1. The molecule has 0 bridgehead atoms. The van der Waals surface area contributed by atoms with Crippen LogP contribution in [0.1, 0.15) is 69.1 Å². The van der Waals surface area contributed by atoms with Crippen LogP contribution in [0, 0.1) is 5.82 Å². The SMILES string of the molecule is CC(=O)NC1(c2noc(CCC(=O)NCc3cc(F)ccc3Br)n2)CCCCCC1. The van der Waals surface area contributed by atoms with Crippen molar-refractivity contribution in [2.24, 2.45) is 0 Å². The third-order valence-corrected chi connectivity index (χ3v) is 6.09. The predicted molar refractivity (Wildman–Crippen MR) is 112 cm³/mol. The molecule has 0 atom stereocenters. The topological polar surface area (TPSA) is 97.1 Å². The molecule has 1 fully saturated rings. The van der Waals surface area contributed by atoms with E-state index in [1.165, 1.54) is 19.1 Å². The van der Waals surface area contributed by atoms with Gasteiger partial charge in [-0.3, -0.25) is 9.59 Å². The van der Waals surface area contributed by atoms with Crippen molar-refractivity contribution in [3.63, 3.8) is 0 Å². The fourth-order valence-electron chi connectivity index (χ4n) is 3.81. The van der Waals surface area contributed by atoms with E-state index in [9.17, 15) is 14.0 Å². The van der Waals surface area contributed by atoms with E-state index in [0.29, 0.717) is 23.7 Å². The Labute approximate surface area is 183 Å². The van der Waals surface area contributed by atoms with Crippen molar-refractivity contribution < 1.29 is 18.5 Å². The number of nitrogens with zero attached hydrogens (tertiary/aromatic N) is 2. The summed E-state index contributed by atoms with van der Waals surface area (Å²) < 4.78 is 19.4. The number of nitrogens with one attached hydrogen (secondary N) is 2. The summed E-state index contributed by atoms with van der Waals surface area (Å²) in [6.07, 6.45) is 6.22. The van der Waals surface area contributed by atoms with E-state index in [0.717, 1.165) is 43.0 Å². The highest BCUT2D eigenvalue weighted by molar-refractivity contribution is 9.10. The predicted octanol–water partition coefficient (Wildman–Crippen LogP) is 3.91. The molecule has 3 rings (SSSR count). The van der Waals surface area contributed by atoms with Crippen LogP contribution < -0.4 is 10.6 Å². The molecule has 1 saturated carbocycles. The quantitative estimate of drug-likeness (QED) is 0.585. The molecule has 0 aliphatic heterocycles. The van der Waals surface area contributed by atoms with Crippen molar-refractivity contribution in [2.75, 3.05) is 0 Å². The minimum atomic E-state index is -0.601. The molecule has 1 aliphatic carbocycles. The number of aromatic nitrogens is 2. The molecule has 1 aliphatic rings. The molecule has 2 N–H and O–H groups in total. The molecule has 2 amide bonds. The Bertz CT molecular complexity index is 894. The van der Waals surface area contributed by atoms with E-state index in [4.69, 9.17) is 4.52 Å². The fraction of sp³-hybridized carbons (Fsp3) is 0.524. The highest BCUT2D eigenvalue weighted by Crippen LogP contribution is 2.34. The van der Waals surface area contributed by atoms with E-state index < -0.39 is 5.54 Å². The van der Waals surface area contributed by atoms with Crippen LogP contribution in [0.5, 0.6) is 0 Å². The third kappa shape index (κ3) is 5.87. The Kier molecular flexibility index (Phi) is 7.58. The van der Waals surface area contributed by atoms with Gasteiger partial charge in [-0.05, 0) is 36.6 Å². The molecule has 9 heteroatoms. The number of carbonyl (C=O) groups excluding carboxylic acids is 2. The summed E-state index contributed by atoms with van der Waals surface area (Å²) in [5, 5.41) is 9.93. The summed E-state index contributed by atoms with van der Waals surface area (Å²) in [6, 6.07) is 4.34. The average Bonchev–Trinajstić information content (AvgIpc) is 3.07. The summed E-state index contributed by atoms with van der Waals surface area (Å²) in [6.45, 7) is 1.72. The maximum atomic E-state index is 13.3. The zero-order valence-electron chi connectivity index (χ0n) is 17.0. The van der Waals surface area contributed by atoms with Gasteiger partial charge in [0.2, 0.25) is 17.7 Å². The molecule has 0 unspecified atom stereocenters. The number of rotatable bonds is 7. The first kappa shape index (κ1) is 22.4. The minimum Gasteiger partial charge on any atom is -0.352 e. The lowest BCUT2D eigenvalue weighted by atomic mass is 9.89. The van der Waals surface area contributed by atoms with Crippen LogP contribution in [0.15, 0.2) is 27.2 Å². The van der Waals surface area contributed by atoms with Gasteiger partial charge in [-0.25, -0.2) is 4.39 Å². The molecule has 0 spiro atoms. The first-order valence-electron chi connectivity index (χ1n) is 10.2. The van der Waals surface area contributed by atoms with Crippen LogP contribution in [0.4, 0.5) is 4.39 Å². The second kappa shape index (κ2) is 10.1. The Morgan fingerprint density at radius 2 is 1.97 bits per heavy atom. The molecular weight excluding hydrogens is 455 g/mol. The largest absolute Gasteiger partial charge is 0.352 e. The van der Waals surface area contributed by atoms with Gasteiger partial charge in [-0.1, -0.05) is 46.8 Å². The smallest absolute Gasteiger partial charge is 0.227 e. The summed E-state index contributed by atoms with van der Waals surface area (Å²) >= 11 is 3.34. The Morgan fingerprint density at radius 3 is 2.67 bits per heavy atom. The van der Waals surface area contributed by atoms with E-state index in [-0.39, 0.29) is 30.6 Å². The number of carbonyl (C=O) groups is 2. The standard InChI is InChI=1S/C21H26BrFN4O3/c1-14(28)26-21(10-4-2-3-5-11-21)20-25-19(30-27-20)9-8-18(29)24-13-15-12-16(23)6-7-17(15)22/h6-7,12H,2-5,8-11,13H2,1H3,(H,24,29)(H,26,28). The highest BCUT2D eigenvalue weighted by atomic mass is 79.9. The number of halogens is 2. The molecule has 2 aromatic rings. The van der Waals surface area contributed by atoms with Crippen LogP contribution in [-0.2, 0) is 28.1 Å². The molecule has 1 aromatic carbocycles. The van der Waals surface area contributed by atoms with Gasteiger partial charge in [0.25, 0.3) is 0 Å².